The normalized spacial score (nSPS) is 28.9. The van der Waals surface area contributed by atoms with Crippen molar-refractivity contribution in [3.8, 4) is 11.9 Å². The van der Waals surface area contributed by atoms with Gasteiger partial charge in [-0.15, -0.1) is 0 Å². The number of aromatic nitrogens is 4. The number of ether oxygens (including phenoxy) is 1. The number of nitrogens with zero attached hydrogens (tertiary/aromatic N) is 6. The fourth-order valence-corrected chi connectivity index (χ4v) is 5.86. The molecule has 1 saturated carbocycles. The lowest BCUT2D eigenvalue weighted by Crippen LogP contribution is -2.51. The fraction of sp³-hybridized carbons (Fsp3) is 0.619. The van der Waals surface area contributed by atoms with E-state index in [9.17, 15) is 32.0 Å². The van der Waals surface area contributed by atoms with Crippen LogP contribution in [0.4, 0.5) is 19.1 Å². The number of nitriles is 1. The van der Waals surface area contributed by atoms with Crippen molar-refractivity contribution in [1.29, 1.82) is 5.26 Å². The maximum Gasteiger partial charge on any atom is 0.251 e. The molecule has 0 bridgehead atoms. The number of rotatable bonds is 6. The fourth-order valence-electron chi connectivity index (χ4n) is 4.41. The highest BCUT2D eigenvalue weighted by Gasteiger charge is 2.49. The molecule has 3 heterocycles. The maximum atomic E-state index is 15.0. The predicted molar refractivity (Wildman–Crippen MR) is 119 cm³/mol. The Kier molecular flexibility index (Phi) is 6.88. The second-order valence-corrected chi connectivity index (χ2v) is 11.3. The van der Waals surface area contributed by atoms with Gasteiger partial charge in [-0.1, -0.05) is 0 Å². The summed E-state index contributed by atoms with van der Waals surface area (Å²) in [6.45, 7) is 0.875. The summed E-state index contributed by atoms with van der Waals surface area (Å²) in [7, 11) is -2.33. The summed E-state index contributed by atoms with van der Waals surface area (Å²) in [4.78, 5) is 8.07. The number of sulfonamides is 1. The zero-order chi connectivity index (χ0) is 26.3. The summed E-state index contributed by atoms with van der Waals surface area (Å²) in [5.41, 5.74) is -1.94. The minimum Gasteiger partial charge on any atom is -0.470 e. The number of alkyl halides is 3. The van der Waals surface area contributed by atoms with Gasteiger partial charge < -0.3 is 15.2 Å². The van der Waals surface area contributed by atoms with Crippen LogP contribution in [0.25, 0.3) is 0 Å². The minimum atomic E-state index is -3.90. The Morgan fingerprint density at radius 2 is 2.08 bits per heavy atom. The Morgan fingerprint density at radius 1 is 1.33 bits per heavy atom. The Labute approximate surface area is 205 Å². The molecule has 1 saturated heterocycles. The lowest BCUT2D eigenvalue weighted by atomic mass is 9.81. The molecule has 1 aliphatic carbocycles. The van der Waals surface area contributed by atoms with E-state index in [0.717, 1.165) is 10.5 Å². The van der Waals surface area contributed by atoms with Crippen LogP contribution in [-0.4, -0.2) is 80.5 Å². The molecule has 4 rings (SSSR count). The molecule has 2 aromatic heterocycles. The molecule has 0 amide bonds. The largest absolute Gasteiger partial charge is 0.470 e. The van der Waals surface area contributed by atoms with E-state index in [-0.39, 0.29) is 41.7 Å². The first kappa shape index (κ1) is 26.1. The zero-order valence-corrected chi connectivity index (χ0v) is 20.4. The number of piperidine rings is 1. The van der Waals surface area contributed by atoms with Crippen LogP contribution in [0.2, 0.25) is 0 Å². The smallest absolute Gasteiger partial charge is 0.251 e. The molecule has 2 aromatic rings. The molecule has 0 spiro atoms. The molecular weight excluding hydrogens is 503 g/mol. The lowest BCUT2D eigenvalue weighted by Gasteiger charge is -2.40. The summed E-state index contributed by atoms with van der Waals surface area (Å²) < 4.78 is 76.0. The van der Waals surface area contributed by atoms with Crippen LogP contribution in [-0.2, 0) is 17.1 Å². The summed E-state index contributed by atoms with van der Waals surface area (Å²) in [6.07, 6.45) is -0.305. The van der Waals surface area contributed by atoms with Gasteiger partial charge in [-0.2, -0.15) is 19.6 Å². The monoisotopic (exact) mass is 529 g/mol. The third-order valence-electron chi connectivity index (χ3n) is 6.35. The van der Waals surface area contributed by atoms with Gasteiger partial charge in [-0.05, 0) is 19.8 Å². The molecule has 2 fully saturated rings. The second kappa shape index (κ2) is 9.49. The highest BCUT2D eigenvalue weighted by atomic mass is 32.2. The summed E-state index contributed by atoms with van der Waals surface area (Å²) in [6, 6.07) is 1.02. The first-order chi connectivity index (χ1) is 16.8. The van der Waals surface area contributed by atoms with Crippen molar-refractivity contribution in [3.05, 3.63) is 24.2 Å². The molecule has 11 nitrogen and oxygen atoms in total. The maximum absolute atomic E-state index is 15.0. The SMILES string of the molecule is Cn1cc(S(=O)(=O)N2CC[C@H](Nc3ncc(C#N)c(O[C@@H]4CCC(F)(F)C[C@]4(C)O)n3)[C@H](F)C2)cn1. The number of nitrogens with one attached hydrogen (secondary N) is 1. The number of hydrogen-bond acceptors (Lipinski definition) is 9. The van der Waals surface area contributed by atoms with Gasteiger partial charge in [0.25, 0.3) is 5.92 Å². The van der Waals surface area contributed by atoms with Gasteiger partial charge in [0.2, 0.25) is 21.9 Å². The van der Waals surface area contributed by atoms with E-state index in [1.807, 2.05) is 6.07 Å². The van der Waals surface area contributed by atoms with Crippen LogP contribution in [0.5, 0.6) is 5.88 Å². The van der Waals surface area contributed by atoms with E-state index in [0.29, 0.717) is 0 Å². The van der Waals surface area contributed by atoms with E-state index in [4.69, 9.17) is 4.74 Å². The van der Waals surface area contributed by atoms with Crippen LogP contribution in [0.15, 0.2) is 23.5 Å². The number of aryl methyl sites for hydroxylation is 1. The average molecular weight is 530 g/mol. The first-order valence-corrected chi connectivity index (χ1v) is 12.7. The van der Waals surface area contributed by atoms with Crippen molar-refractivity contribution >= 4 is 16.0 Å². The van der Waals surface area contributed by atoms with Gasteiger partial charge >= 0.3 is 0 Å². The standard InChI is InChI=1S/C21H26F3N7O4S/c1-20(32)12-21(23,24)5-3-17(20)35-18-13(7-25)8-26-19(29-18)28-16-4-6-31(11-15(16)22)36(33,34)14-9-27-30(2)10-14/h8-10,15-17,32H,3-6,11-12H2,1-2H3,(H,26,28,29)/t15-,16+,17-,20+/m1/s1. The molecule has 2 aliphatic rings. The van der Waals surface area contributed by atoms with Crippen LogP contribution in [0, 0.1) is 11.3 Å². The van der Waals surface area contributed by atoms with Crippen molar-refractivity contribution in [1.82, 2.24) is 24.1 Å². The quantitative estimate of drug-likeness (QED) is 0.570. The molecule has 4 atom stereocenters. The highest BCUT2D eigenvalue weighted by Crippen LogP contribution is 2.41. The molecule has 36 heavy (non-hydrogen) atoms. The Hall–Kier alpha value is -2.96. The van der Waals surface area contributed by atoms with Crippen molar-refractivity contribution in [3.63, 3.8) is 0 Å². The number of hydrogen-bond donors (Lipinski definition) is 2. The molecule has 15 heteroatoms. The third-order valence-corrected chi connectivity index (χ3v) is 8.17. The Morgan fingerprint density at radius 3 is 2.69 bits per heavy atom. The van der Waals surface area contributed by atoms with Crippen LogP contribution in [0.3, 0.4) is 0 Å². The zero-order valence-electron chi connectivity index (χ0n) is 19.6. The van der Waals surface area contributed by atoms with E-state index >= 15 is 0 Å². The first-order valence-electron chi connectivity index (χ1n) is 11.2. The highest BCUT2D eigenvalue weighted by molar-refractivity contribution is 7.89. The summed E-state index contributed by atoms with van der Waals surface area (Å²) in [5, 5.41) is 26.5. The number of anilines is 1. The van der Waals surface area contributed by atoms with Gasteiger partial charge in [0.1, 0.15) is 34.4 Å². The summed E-state index contributed by atoms with van der Waals surface area (Å²) in [5.74, 6) is -3.34. The van der Waals surface area contributed by atoms with Crippen molar-refractivity contribution in [2.24, 2.45) is 7.05 Å². The molecule has 0 unspecified atom stereocenters. The molecule has 196 valence electrons. The van der Waals surface area contributed by atoms with Crippen molar-refractivity contribution in [2.45, 2.75) is 67.3 Å². The van der Waals surface area contributed by atoms with E-state index in [1.54, 1.807) is 7.05 Å². The molecule has 2 N–H and O–H groups in total. The molecule has 0 aromatic carbocycles. The Bertz CT molecular complexity index is 1260. The predicted octanol–water partition coefficient (Wildman–Crippen LogP) is 1.61. The lowest BCUT2D eigenvalue weighted by molar-refractivity contribution is -0.162. The molecular formula is C21H26F3N7O4S. The molecule has 1 aliphatic heterocycles. The summed E-state index contributed by atoms with van der Waals surface area (Å²) >= 11 is 0. The number of aliphatic hydroxyl groups is 1. The van der Waals surface area contributed by atoms with Gasteiger partial charge in [0, 0.05) is 39.2 Å². The van der Waals surface area contributed by atoms with Crippen LogP contribution in [0.1, 0.15) is 38.2 Å². The minimum absolute atomic E-state index is 0.0304. The average Bonchev–Trinajstić information content (AvgIpc) is 3.23. The van der Waals surface area contributed by atoms with Gasteiger partial charge in [0.05, 0.1) is 18.4 Å². The van der Waals surface area contributed by atoms with E-state index in [2.05, 4.69) is 20.4 Å². The van der Waals surface area contributed by atoms with Gasteiger partial charge in [-0.25, -0.2) is 26.6 Å². The topological polar surface area (TPSA) is 146 Å². The molecule has 0 radical (unpaired) electrons. The van der Waals surface area contributed by atoms with Crippen LogP contribution >= 0.6 is 0 Å². The second-order valence-electron chi connectivity index (χ2n) is 9.33. The van der Waals surface area contributed by atoms with Crippen LogP contribution < -0.4 is 10.1 Å². The van der Waals surface area contributed by atoms with Crippen molar-refractivity contribution < 1.29 is 31.4 Å². The van der Waals surface area contributed by atoms with E-state index in [1.165, 1.54) is 24.0 Å². The third kappa shape index (κ3) is 5.40. The van der Waals surface area contributed by atoms with Crippen molar-refractivity contribution in [2.75, 3.05) is 18.4 Å². The van der Waals surface area contributed by atoms with Gasteiger partial charge in [-0.3, -0.25) is 4.68 Å². The van der Waals surface area contributed by atoms with Gasteiger partial charge in [0.15, 0.2) is 0 Å². The number of halogens is 3. The Balaban J connectivity index is 1.45. The van der Waals surface area contributed by atoms with E-state index < -0.39 is 59.3 Å².